The lowest BCUT2D eigenvalue weighted by atomic mass is 10.1. The average Bonchev–Trinajstić information content (AvgIpc) is 2.46. The molecular weight excluding hydrogens is 276 g/mol. The predicted octanol–water partition coefficient (Wildman–Crippen LogP) is 2.61. The molecular formula is C14H12N2O5. The van der Waals surface area contributed by atoms with Crippen molar-refractivity contribution in [3.05, 3.63) is 63.7 Å². The molecule has 0 aromatic heterocycles. The number of hydrogen-bond acceptors (Lipinski definition) is 5. The quantitative estimate of drug-likeness (QED) is 0.575. The van der Waals surface area contributed by atoms with Gasteiger partial charge >= 0.3 is 5.97 Å². The number of non-ortho nitro benzene ring substituents is 1. The van der Waals surface area contributed by atoms with E-state index in [0.29, 0.717) is 11.3 Å². The van der Waals surface area contributed by atoms with Gasteiger partial charge in [-0.3, -0.25) is 10.1 Å². The second-order valence-corrected chi connectivity index (χ2v) is 4.31. The Hall–Kier alpha value is -3.09. The summed E-state index contributed by atoms with van der Waals surface area (Å²) < 4.78 is 0. The number of carboxylic acids is 1. The van der Waals surface area contributed by atoms with Crippen LogP contribution >= 0.6 is 0 Å². The molecule has 3 N–H and O–H groups in total. The number of phenolic OH excluding ortho intramolecular Hbond substituents is 1. The van der Waals surface area contributed by atoms with Gasteiger partial charge in [-0.2, -0.15) is 0 Å². The maximum absolute atomic E-state index is 10.9. The number of rotatable bonds is 5. The Morgan fingerprint density at radius 2 is 2.00 bits per heavy atom. The van der Waals surface area contributed by atoms with Gasteiger partial charge in [0.05, 0.1) is 10.5 Å². The minimum atomic E-state index is -1.04. The van der Waals surface area contributed by atoms with E-state index in [1.165, 1.54) is 30.3 Å². The predicted molar refractivity (Wildman–Crippen MR) is 75.5 cm³/mol. The smallest absolute Gasteiger partial charge is 0.335 e. The van der Waals surface area contributed by atoms with Crippen LogP contribution in [0.3, 0.4) is 0 Å². The van der Waals surface area contributed by atoms with E-state index in [1.807, 2.05) is 0 Å². The van der Waals surface area contributed by atoms with Gasteiger partial charge in [0.15, 0.2) is 0 Å². The van der Waals surface area contributed by atoms with Crippen LogP contribution in [0, 0.1) is 10.1 Å². The van der Waals surface area contributed by atoms with Gasteiger partial charge in [0.2, 0.25) is 0 Å². The van der Waals surface area contributed by atoms with Crippen molar-refractivity contribution in [3.63, 3.8) is 0 Å². The van der Waals surface area contributed by atoms with Crippen molar-refractivity contribution in [1.29, 1.82) is 0 Å². The molecule has 0 radical (unpaired) electrons. The third kappa shape index (κ3) is 3.47. The highest BCUT2D eigenvalue weighted by Crippen LogP contribution is 2.24. The summed E-state index contributed by atoms with van der Waals surface area (Å²) >= 11 is 0. The molecule has 0 fully saturated rings. The molecule has 7 heteroatoms. The standard InChI is InChI=1S/C14H12N2O5/c17-13-5-4-12(16(20)21)7-10(13)8-15-11-3-1-2-9(6-11)14(18)19/h1-7,15,17H,8H2,(H,18,19). The highest BCUT2D eigenvalue weighted by molar-refractivity contribution is 5.88. The van der Waals surface area contributed by atoms with Crippen LogP contribution in [0.5, 0.6) is 5.75 Å². The zero-order valence-electron chi connectivity index (χ0n) is 10.8. The molecule has 0 bridgehead atoms. The Labute approximate surface area is 119 Å². The number of nitrogens with zero attached hydrogens (tertiary/aromatic N) is 1. The monoisotopic (exact) mass is 288 g/mol. The first-order chi connectivity index (χ1) is 9.97. The number of phenols is 1. The molecule has 0 aliphatic carbocycles. The van der Waals surface area contributed by atoms with Gasteiger partial charge in [-0.25, -0.2) is 4.79 Å². The molecule has 0 saturated carbocycles. The van der Waals surface area contributed by atoms with Crippen LogP contribution in [0.4, 0.5) is 11.4 Å². The lowest BCUT2D eigenvalue weighted by Gasteiger charge is -2.08. The Bertz CT molecular complexity index is 700. The van der Waals surface area contributed by atoms with Crippen molar-refractivity contribution >= 4 is 17.3 Å². The molecule has 0 saturated heterocycles. The second kappa shape index (κ2) is 5.91. The van der Waals surface area contributed by atoms with Crippen LogP contribution in [0.1, 0.15) is 15.9 Å². The minimum Gasteiger partial charge on any atom is -0.508 e. The minimum absolute atomic E-state index is 0.0671. The molecule has 0 atom stereocenters. The SMILES string of the molecule is O=C(O)c1cccc(NCc2cc([N+](=O)[O-])ccc2O)c1. The fourth-order valence-electron chi connectivity index (χ4n) is 1.79. The number of carbonyl (C=O) groups is 1. The first kappa shape index (κ1) is 14.3. The number of benzene rings is 2. The number of aromatic hydroxyl groups is 1. The van der Waals surface area contributed by atoms with E-state index >= 15 is 0 Å². The van der Waals surface area contributed by atoms with Crippen molar-refractivity contribution in [1.82, 2.24) is 0 Å². The number of anilines is 1. The van der Waals surface area contributed by atoms with Crippen molar-refractivity contribution in [2.24, 2.45) is 0 Å². The topological polar surface area (TPSA) is 113 Å². The summed E-state index contributed by atoms with van der Waals surface area (Å²) in [5.74, 6) is -1.11. The molecule has 2 rings (SSSR count). The van der Waals surface area contributed by atoms with Gasteiger partial charge < -0.3 is 15.5 Å². The summed E-state index contributed by atoms with van der Waals surface area (Å²) in [4.78, 5) is 21.0. The van der Waals surface area contributed by atoms with E-state index in [9.17, 15) is 20.0 Å². The summed E-state index contributed by atoms with van der Waals surface area (Å²) in [6.07, 6.45) is 0. The molecule has 2 aromatic rings. The van der Waals surface area contributed by atoms with Crippen LogP contribution in [0.25, 0.3) is 0 Å². The molecule has 0 amide bonds. The van der Waals surface area contributed by atoms with Crippen LogP contribution in [0.15, 0.2) is 42.5 Å². The molecule has 0 spiro atoms. The van der Waals surface area contributed by atoms with Crippen molar-refractivity contribution in [3.8, 4) is 5.75 Å². The zero-order valence-corrected chi connectivity index (χ0v) is 10.8. The fourth-order valence-corrected chi connectivity index (χ4v) is 1.79. The van der Waals surface area contributed by atoms with Crippen molar-refractivity contribution in [2.45, 2.75) is 6.54 Å². The summed E-state index contributed by atoms with van der Waals surface area (Å²) in [6.45, 7) is 0.136. The molecule has 7 nitrogen and oxygen atoms in total. The Morgan fingerprint density at radius 1 is 1.24 bits per heavy atom. The molecule has 0 aliphatic heterocycles. The fraction of sp³-hybridized carbons (Fsp3) is 0.0714. The van der Waals surface area contributed by atoms with E-state index in [2.05, 4.69) is 5.32 Å². The van der Waals surface area contributed by atoms with E-state index in [1.54, 1.807) is 12.1 Å². The Balaban J connectivity index is 2.16. The van der Waals surface area contributed by atoms with Crippen molar-refractivity contribution in [2.75, 3.05) is 5.32 Å². The largest absolute Gasteiger partial charge is 0.508 e. The molecule has 0 aliphatic rings. The number of hydrogen-bond donors (Lipinski definition) is 3. The number of nitro benzene ring substituents is 1. The summed E-state index contributed by atoms with van der Waals surface area (Å²) in [5.41, 5.74) is 0.901. The summed E-state index contributed by atoms with van der Waals surface area (Å²) in [6, 6.07) is 9.88. The van der Waals surface area contributed by atoms with E-state index in [0.717, 1.165) is 0 Å². The lowest BCUT2D eigenvalue weighted by molar-refractivity contribution is -0.384. The zero-order chi connectivity index (χ0) is 15.4. The maximum Gasteiger partial charge on any atom is 0.335 e. The van der Waals surface area contributed by atoms with Gasteiger partial charge in [-0.1, -0.05) is 6.07 Å². The first-order valence-electron chi connectivity index (χ1n) is 6.01. The normalized spacial score (nSPS) is 10.1. The van der Waals surface area contributed by atoms with Gasteiger partial charge in [0.1, 0.15) is 5.75 Å². The molecule has 108 valence electrons. The van der Waals surface area contributed by atoms with E-state index in [-0.39, 0.29) is 23.5 Å². The number of carboxylic acid groups (broad SMARTS) is 1. The Morgan fingerprint density at radius 3 is 2.67 bits per heavy atom. The highest BCUT2D eigenvalue weighted by atomic mass is 16.6. The number of nitrogens with one attached hydrogen (secondary N) is 1. The Kier molecular flexibility index (Phi) is 4.03. The van der Waals surface area contributed by atoms with E-state index in [4.69, 9.17) is 5.11 Å². The second-order valence-electron chi connectivity index (χ2n) is 4.31. The number of aromatic carboxylic acids is 1. The maximum atomic E-state index is 10.9. The van der Waals surface area contributed by atoms with E-state index < -0.39 is 10.9 Å². The lowest BCUT2D eigenvalue weighted by Crippen LogP contribution is -2.02. The van der Waals surface area contributed by atoms with Gasteiger partial charge in [0, 0.05) is 29.9 Å². The molecule has 0 unspecified atom stereocenters. The first-order valence-corrected chi connectivity index (χ1v) is 6.01. The van der Waals surface area contributed by atoms with Gasteiger partial charge in [0.25, 0.3) is 5.69 Å². The molecule has 0 heterocycles. The number of nitro groups is 1. The van der Waals surface area contributed by atoms with Gasteiger partial charge in [-0.05, 0) is 24.3 Å². The average molecular weight is 288 g/mol. The van der Waals surface area contributed by atoms with Crippen molar-refractivity contribution < 1.29 is 19.9 Å². The summed E-state index contributed by atoms with van der Waals surface area (Å²) in [5, 5.41) is 32.2. The van der Waals surface area contributed by atoms with Gasteiger partial charge in [-0.15, -0.1) is 0 Å². The van der Waals surface area contributed by atoms with Crippen LogP contribution < -0.4 is 5.32 Å². The highest BCUT2D eigenvalue weighted by Gasteiger charge is 2.10. The molecule has 2 aromatic carbocycles. The van der Waals surface area contributed by atoms with Crippen LogP contribution in [0.2, 0.25) is 0 Å². The summed E-state index contributed by atoms with van der Waals surface area (Å²) in [7, 11) is 0. The third-order valence-corrected chi connectivity index (χ3v) is 2.87. The third-order valence-electron chi connectivity index (χ3n) is 2.87. The molecule has 21 heavy (non-hydrogen) atoms. The van der Waals surface area contributed by atoms with Crippen LogP contribution in [-0.4, -0.2) is 21.1 Å². The van der Waals surface area contributed by atoms with Crippen LogP contribution in [-0.2, 0) is 6.54 Å².